The predicted octanol–water partition coefficient (Wildman–Crippen LogP) is 2.23. The van der Waals surface area contributed by atoms with Crippen LogP contribution in [0.5, 0.6) is 11.5 Å². The Morgan fingerprint density at radius 1 is 1.04 bits per heavy atom. The van der Waals surface area contributed by atoms with Gasteiger partial charge in [-0.25, -0.2) is 0 Å². The Kier molecular flexibility index (Phi) is 6.36. The first-order valence-electron chi connectivity index (χ1n) is 9.50. The first-order chi connectivity index (χ1) is 12.7. The quantitative estimate of drug-likeness (QED) is 0.757. The van der Waals surface area contributed by atoms with E-state index in [1.165, 1.54) is 6.42 Å². The van der Waals surface area contributed by atoms with Gasteiger partial charge < -0.3 is 19.7 Å². The van der Waals surface area contributed by atoms with Crippen molar-refractivity contribution in [3.8, 4) is 11.5 Å². The number of likely N-dealkylation sites (tertiary alicyclic amines) is 1. The SMILES string of the molecule is COc1ccc(OCCNC(=O)C2CCN(C(=O)C3CCC3)CC2)cc1. The van der Waals surface area contributed by atoms with Gasteiger partial charge in [-0.1, -0.05) is 6.42 Å². The molecule has 1 saturated heterocycles. The van der Waals surface area contributed by atoms with E-state index in [4.69, 9.17) is 9.47 Å². The average Bonchev–Trinajstić information content (AvgIpc) is 2.64. The Hall–Kier alpha value is -2.24. The summed E-state index contributed by atoms with van der Waals surface area (Å²) in [4.78, 5) is 26.5. The van der Waals surface area contributed by atoms with Gasteiger partial charge in [0.2, 0.25) is 11.8 Å². The molecule has 3 rings (SSSR count). The van der Waals surface area contributed by atoms with Gasteiger partial charge in [0.1, 0.15) is 18.1 Å². The molecule has 1 aliphatic heterocycles. The lowest BCUT2D eigenvalue weighted by molar-refractivity contribution is -0.141. The normalized spacial score (nSPS) is 18.1. The molecule has 0 spiro atoms. The number of ether oxygens (including phenoxy) is 2. The van der Waals surface area contributed by atoms with Crippen LogP contribution in [0.3, 0.4) is 0 Å². The highest BCUT2D eigenvalue weighted by Gasteiger charge is 2.33. The van der Waals surface area contributed by atoms with Crippen LogP contribution in [-0.2, 0) is 9.59 Å². The number of amides is 2. The van der Waals surface area contributed by atoms with E-state index in [9.17, 15) is 9.59 Å². The van der Waals surface area contributed by atoms with Gasteiger partial charge in [0.05, 0.1) is 13.7 Å². The molecule has 6 heteroatoms. The van der Waals surface area contributed by atoms with Crippen molar-refractivity contribution in [3.05, 3.63) is 24.3 Å². The number of nitrogens with zero attached hydrogens (tertiary/aromatic N) is 1. The molecule has 1 heterocycles. The van der Waals surface area contributed by atoms with Crippen LogP contribution >= 0.6 is 0 Å². The molecule has 0 atom stereocenters. The Labute approximate surface area is 154 Å². The molecule has 0 bridgehead atoms. The number of benzene rings is 1. The summed E-state index contributed by atoms with van der Waals surface area (Å²) in [6, 6.07) is 7.37. The maximum Gasteiger partial charge on any atom is 0.225 e. The third-order valence-electron chi connectivity index (χ3n) is 5.36. The van der Waals surface area contributed by atoms with Gasteiger partial charge in [0.15, 0.2) is 0 Å². The van der Waals surface area contributed by atoms with Crippen LogP contribution in [0.2, 0.25) is 0 Å². The van der Waals surface area contributed by atoms with E-state index in [0.717, 1.165) is 37.2 Å². The maximum absolute atomic E-state index is 12.3. The molecule has 1 aromatic rings. The number of piperidine rings is 1. The Morgan fingerprint density at radius 2 is 1.69 bits per heavy atom. The molecule has 2 fully saturated rings. The fourth-order valence-electron chi connectivity index (χ4n) is 3.43. The van der Waals surface area contributed by atoms with E-state index in [0.29, 0.717) is 32.1 Å². The molecule has 1 aliphatic carbocycles. The highest BCUT2D eigenvalue weighted by atomic mass is 16.5. The molecule has 26 heavy (non-hydrogen) atoms. The summed E-state index contributed by atoms with van der Waals surface area (Å²) >= 11 is 0. The Morgan fingerprint density at radius 3 is 2.27 bits per heavy atom. The molecule has 0 unspecified atom stereocenters. The number of methoxy groups -OCH3 is 1. The molecule has 2 aliphatic rings. The zero-order chi connectivity index (χ0) is 18.4. The number of carbonyl (C=O) groups excluding carboxylic acids is 2. The predicted molar refractivity (Wildman–Crippen MR) is 98.1 cm³/mol. The first kappa shape index (κ1) is 18.5. The van der Waals surface area contributed by atoms with Gasteiger partial charge in [-0.05, 0) is 49.9 Å². The van der Waals surface area contributed by atoms with E-state index >= 15 is 0 Å². The second-order valence-electron chi connectivity index (χ2n) is 7.04. The van der Waals surface area contributed by atoms with Crippen LogP contribution in [0.15, 0.2) is 24.3 Å². The minimum atomic E-state index is 0.00132. The zero-order valence-corrected chi connectivity index (χ0v) is 15.4. The molecule has 6 nitrogen and oxygen atoms in total. The lowest BCUT2D eigenvalue weighted by Gasteiger charge is -2.36. The maximum atomic E-state index is 12.3. The molecule has 0 radical (unpaired) electrons. The largest absolute Gasteiger partial charge is 0.497 e. The summed E-state index contributed by atoms with van der Waals surface area (Å²) in [5.41, 5.74) is 0. The van der Waals surface area contributed by atoms with Crippen molar-refractivity contribution < 1.29 is 19.1 Å². The number of hydrogen-bond acceptors (Lipinski definition) is 4. The van der Waals surface area contributed by atoms with Crippen LogP contribution in [0.1, 0.15) is 32.1 Å². The summed E-state index contributed by atoms with van der Waals surface area (Å²) in [6.07, 6.45) is 4.75. The number of carbonyl (C=O) groups is 2. The minimum Gasteiger partial charge on any atom is -0.497 e. The standard InChI is InChI=1S/C20H28N2O4/c1-25-17-5-7-18(8-6-17)26-14-11-21-19(23)15-9-12-22(13-10-15)20(24)16-3-2-4-16/h5-8,15-16H,2-4,9-14H2,1H3,(H,21,23). The average molecular weight is 360 g/mol. The lowest BCUT2D eigenvalue weighted by Crippen LogP contribution is -2.46. The molecule has 0 aromatic heterocycles. The lowest BCUT2D eigenvalue weighted by atomic mass is 9.83. The first-order valence-corrected chi connectivity index (χ1v) is 9.50. The third-order valence-corrected chi connectivity index (χ3v) is 5.36. The van der Waals surface area contributed by atoms with Gasteiger partial charge in [0, 0.05) is 24.9 Å². The fraction of sp³-hybridized carbons (Fsp3) is 0.600. The second-order valence-corrected chi connectivity index (χ2v) is 7.04. The molecular weight excluding hydrogens is 332 g/mol. The van der Waals surface area contributed by atoms with Gasteiger partial charge in [-0.3, -0.25) is 9.59 Å². The van der Waals surface area contributed by atoms with E-state index < -0.39 is 0 Å². The second kappa shape index (κ2) is 8.92. The van der Waals surface area contributed by atoms with Gasteiger partial charge >= 0.3 is 0 Å². The van der Waals surface area contributed by atoms with Crippen molar-refractivity contribution in [1.82, 2.24) is 10.2 Å². The molecule has 1 N–H and O–H groups in total. The molecule has 142 valence electrons. The van der Waals surface area contributed by atoms with Crippen LogP contribution in [0.25, 0.3) is 0 Å². The minimum absolute atomic E-state index is 0.00132. The third kappa shape index (κ3) is 4.68. The van der Waals surface area contributed by atoms with E-state index in [2.05, 4.69) is 5.32 Å². The highest BCUT2D eigenvalue weighted by molar-refractivity contribution is 5.81. The Balaban J connectivity index is 1.32. The van der Waals surface area contributed by atoms with Gasteiger partial charge in [-0.2, -0.15) is 0 Å². The van der Waals surface area contributed by atoms with Crippen molar-refractivity contribution in [1.29, 1.82) is 0 Å². The Bertz CT molecular complexity index is 605. The molecule has 1 aromatic carbocycles. The van der Waals surface area contributed by atoms with Crippen LogP contribution in [0.4, 0.5) is 0 Å². The van der Waals surface area contributed by atoms with Crippen molar-refractivity contribution in [2.24, 2.45) is 11.8 Å². The molecular formula is C20H28N2O4. The number of hydrogen-bond donors (Lipinski definition) is 1. The summed E-state index contributed by atoms with van der Waals surface area (Å²) in [5.74, 6) is 2.15. The van der Waals surface area contributed by atoms with Gasteiger partial charge in [-0.15, -0.1) is 0 Å². The van der Waals surface area contributed by atoms with E-state index in [-0.39, 0.29) is 17.7 Å². The summed E-state index contributed by atoms with van der Waals surface area (Å²) in [6.45, 7) is 2.31. The monoisotopic (exact) mass is 360 g/mol. The topological polar surface area (TPSA) is 67.9 Å². The molecule has 2 amide bonds. The highest BCUT2D eigenvalue weighted by Crippen LogP contribution is 2.30. The van der Waals surface area contributed by atoms with Crippen molar-refractivity contribution in [2.45, 2.75) is 32.1 Å². The molecule has 1 saturated carbocycles. The number of rotatable bonds is 7. The van der Waals surface area contributed by atoms with Crippen LogP contribution < -0.4 is 14.8 Å². The summed E-state index contributed by atoms with van der Waals surface area (Å²) in [5, 5.41) is 2.94. The van der Waals surface area contributed by atoms with Crippen molar-refractivity contribution in [2.75, 3.05) is 33.4 Å². The number of nitrogens with one attached hydrogen (secondary N) is 1. The van der Waals surface area contributed by atoms with E-state index in [1.54, 1.807) is 7.11 Å². The summed E-state index contributed by atoms with van der Waals surface area (Å²) in [7, 11) is 1.62. The van der Waals surface area contributed by atoms with E-state index in [1.807, 2.05) is 29.2 Å². The van der Waals surface area contributed by atoms with Crippen LogP contribution in [-0.4, -0.2) is 50.1 Å². The van der Waals surface area contributed by atoms with Crippen LogP contribution in [0, 0.1) is 11.8 Å². The fourth-order valence-corrected chi connectivity index (χ4v) is 3.43. The zero-order valence-electron chi connectivity index (χ0n) is 15.4. The summed E-state index contributed by atoms with van der Waals surface area (Å²) < 4.78 is 10.7. The smallest absolute Gasteiger partial charge is 0.225 e. The van der Waals surface area contributed by atoms with Crippen molar-refractivity contribution >= 4 is 11.8 Å². The van der Waals surface area contributed by atoms with Gasteiger partial charge in [0.25, 0.3) is 0 Å². The van der Waals surface area contributed by atoms with Crippen molar-refractivity contribution in [3.63, 3.8) is 0 Å².